The summed E-state index contributed by atoms with van der Waals surface area (Å²) in [6, 6.07) is 14.6. The van der Waals surface area contributed by atoms with Gasteiger partial charge >= 0.3 is 5.69 Å². The van der Waals surface area contributed by atoms with Gasteiger partial charge in [0.25, 0.3) is 0 Å². The molecular weight excluding hydrogens is 382 g/mol. The largest absolute Gasteiger partial charge is 0.490 e. The smallest absolute Gasteiger partial charge is 0.311 e. The molecule has 0 aliphatic carbocycles. The molecule has 0 aromatic heterocycles. The van der Waals surface area contributed by atoms with Gasteiger partial charge in [-0.15, -0.1) is 0 Å². The van der Waals surface area contributed by atoms with E-state index < -0.39 is 4.92 Å². The van der Waals surface area contributed by atoms with Crippen LogP contribution in [0, 0.1) is 16.0 Å². The predicted molar refractivity (Wildman–Crippen MR) is 116 cm³/mol. The van der Waals surface area contributed by atoms with Crippen LogP contribution in [0.1, 0.15) is 30.5 Å². The maximum absolute atomic E-state index is 13.1. The van der Waals surface area contributed by atoms with Gasteiger partial charge in [0.15, 0.2) is 5.75 Å². The lowest BCUT2D eigenvalue weighted by Crippen LogP contribution is -2.39. The zero-order valence-electron chi connectivity index (χ0n) is 17.8. The maximum Gasteiger partial charge on any atom is 0.311 e. The number of likely N-dealkylation sites (N-methyl/N-ethyl adjacent to an activating group) is 1. The minimum atomic E-state index is -0.488. The van der Waals surface area contributed by atoms with Crippen LogP contribution in [-0.4, -0.2) is 54.4 Å². The summed E-state index contributed by atoms with van der Waals surface area (Å²) in [5, 5.41) is 11.3. The molecule has 2 atom stereocenters. The zero-order chi connectivity index (χ0) is 21.7. The summed E-state index contributed by atoms with van der Waals surface area (Å²) in [7, 11) is 3.21. The number of benzene rings is 2. The first-order valence-electron chi connectivity index (χ1n) is 10.2. The third kappa shape index (κ3) is 5.16. The lowest BCUT2D eigenvalue weighted by Gasteiger charge is -2.32. The molecular formula is C23H29N3O4. The first-order valence-corrected chi connectivity index (χ1v) is 10.2. The van der Waals surface area contributed by atoms with Crippen LogP contribution in [0.2, 0.25) is 0 Å². The van der Waals surface area contributed by atoms with Gasteiger partial charge in [0.2, 0.25) is 5.91 Å². The molecule has 0 unspecified atom stereocenters. The Morgan fingerprint density at radius 3 is 2.63 bits per heavy atom. The molecule has 0 saturated carbocycles. The highest BCUT2D eigenvalue weighted by Crippen LogP contribution is 2.29. The Labute approximate surface area is 177 Å². The van der Waals surface area contributed by atoms with Crippen LogP contribution in [0.4, 0.5) is 5.69 Å². The van der Waals surface area contributed by atoms with Crippen molar-refractivity contribution in [3.63, 3.8) is 0 Å². The highest BCUT2D eigenvalue weighted by Gasteiger charge is 2.28. The molecule has 1 aliphatic rings. The van der Waals surface area contributed by atoms with Gasteiger partial charge < -0.3 is 14.5 Å². The Kier molecular flexibility index (Phi) is 7.05. The van der Waals surface area contributed by atoms with Gasteiger partial charge in [-0.1, -0.05) is 43.3 Å². The molecule has 0 bridgehead atoms. The first-order chi connectivity index (χ1) is 14.4. The van der Waals surface area contributed by atoms with E-state index in [0.717, 1.165) is 25.2 Å². The highest BCUT2D eigenvalue weighted by atomic mass is 16.6. The second-order valence-corrected chi connectivity index (χ2v) is 8.02. The normalized spacial score (nSPS) is 17.5. The van der Waals surface area contributed by atoms with E-state index in [9.17, 15) is 14.9 Å². The number of nitro groups is 1. The molecule has 1 amide bonds. The number of carbonyl (C=O) groups excluding carboxylic acids is 1. The van der Waals surface area contributed by atoms with Crippen molar-refractivity contribution in [3.8, 4) is 5.75 Å². The molecule has 30 heavy (non-hydrogen) atoms. The predicted octanol–water partition coefficient (Wildman–Crippen LogP) is 3.69. The highest BCUT2D eigenvalue weighted by molar-refractivity contribution is 5.79. The summed E-state index contributed by atoms with van der Waals surface area (Å²) in [5.41, 5.74) is 1.56. The zero-order valence-corrected chi connectivity index (χ0v) is 17.8. The minimum Gasteiger partial charge on any atom is -0.490 e. The van der Waals surface area contributed by atoms with Crippen molar-refractivity contribution in [1.29, 1.82) is 0 Å². The fourth-order valence-electron chi connectivity index (χ4n) is 4.02. The van der Waals surface area contributed by atoms with Crippen LogP contribution in [0.25, 0.3) is 0 Å². The summed E-state index contributed by atoms with van der Waals surface area (Å²) in [4.78, 5) is 28.1. The van der Waals surface area contributed by atoms with Gasteiger partial charge in [0.1, 0.15) is 0 Å². The lowest BCUT2D eigenvalue weighted by atomic mass is 10.0. The maximum atomic E-state index is 13.1. The average Bonchev–Trinajstić information content (AvgIpc) is 3.16. The van der Waals surface area contributed by atoms with E-state index in [-0.39, 0.29) is 29.8 Å². The topological polar surface area (TPSA) is 75.9 Å². The number of ether oxygens (including phenoxy) is 1. The van der Waals surface area contributed by atoms with Gasteiger partial charge in [-0.3, -0.25) is 14.9 Å². The Bertz CT molecular complexity index is 887. The summed E-state index contributed by atoms with van der Waals surface area (Å²) in [5.74, 6) is 0.785. The summed E-state index contributed by atoms with van der Waals surface area (Å²) in [6.45, 7) is 5.11. The van der Waals surface area contributed by atoms with Crippen molar-refractivity contribution in [1.82, 2.24) is 9.80 Å². The molecule has 1 heterocycles. The van der Waals surface area contributed by atoms with Crippen LogP contribution in [-0.2, 0) is 11.2 Å². The standard InChI is InChI=1S/C23H29N3O4/c1-17-11-12-25(15-17)16-21(19-7-5-4-6-8-19)24(2)23(27)14-18-9-10-22(30-3)20(13-18)26(28)29/h4-10,13,17,21H,11-12,14-16H2,1-3H3/t17-,21+/m0/s1. The summed E-state index contributed by atoms with van der Waals surface area (Å²) >= 11 is 0. The Morgan fingerprint density at radius 2 is 2.03 bits per heavy atom. The molecule has 160 valence electrons. The molecule has 1 fully saturated rings. The summed E-state index contributed by atoms with van der Waals surface area (Å²) in [6.07, 6.45) is 1.27. The lowest BCUT2D eigenvalue weighted by molar-refractivity contribution is -0.385. The number of nitro benzene ring substituents is 1. The van der Waals surface area contributed by atoms with E-state index in [0.29, 0.717) is 11.5 Å². The quantitative estimate of drug-likeness (QED) is 0.489. The van der Waals surface area contributed by atoms with Crippen molar-refractivity contribution < 1.29 is 14.5 Å². The first kappa shape index (κ1) is 21.8. The van der Waals surface area contributed by atoms with E-state index in [2.05, 4.69) is 11.8 Å². The Morgan fingerprint density at radius 1 is 1.30 bits per heavy atom. The van der Waals surface area contributed by atoms with E-state index >= 15 is 0 Å². The van der Waals surface area contributed by atoms with Crippen LogP contribution in [0.3, 0.4) is 0 Å². The van der Waals surface area contributed by atoms with Crippen LogP contribution >= 0.6 is 0 Å². The number of nitrogens with zero attached hydrogens (tertiary/aromatic N) is 3. The van der Waals surface area contributed by atoms with Crippen molar-refractivity contribution in [2.24, 2.45) is 5.92 Å². The molecule has 7 nitrogen and oxygen atoms in total. The number of rotatable bonds is 8. The third-order valence-corrected chi connectivity index (χ3v) is 5.78. The van der Waals surface area contributed by atoms with Crippen molar-refractivity contribution >= 4 is 11.6 Å². The van der Waals surface area contributed by atoms with Gasteiger partial charge in [0, 0.05) is 26.2 Å². The molecule has 0 spiro atoms. The Hall–Kier alpha value is -2.93. The molecule has 1 saturated heterocycles. The van der Waals surface area contributed by atoms with Gasteiger partial charge in [-0.05, 0) is 36.1 Å². The fourth-order valence-corrected chi connectivity index (χ4v) is 4.02. The summed E-state index contributed by atoms with van der Waals surface area (Å²) < 4.78 is 5.05. The van der Waals surface area contributed by atoms with Gasteiger partial charge in [-0.2, -0.15) is 0 Å². The number of methoxy groups -OCH3 is 1. The number of hydrogen-bond acceptors (Lipinski definition) is 5. The van der Waals surface area contributed by atoms with E-state index in [1.807, 2.05) is 37.4 Å². The second-order valence-electron chi connectivity index (χ2n) is 8.02. The molecule has 1 aliphatic heterocycles. The SMILES string of the molecule is COc1ccc(CC(=O)N(C)[C@H](CN2CC[C@H](C)C2)c2ccccc2)cc1[N+](=O)[O-]. The van der Waals surface area contributed by atoms with Crippen molar-refractivity contribution in [3.05, 3.63) is 69.8 Å². The van der Waals surface area contributed by atoms with Crippen molar-refractivity contribution in [2.75, 3.05) is 33.8 Å². The van der Waals surface area contributed by atoms with Crippen LogP contribution in [0.15, 0.2) is 48.5 Å². The van der Waals surface area contributed by atoms with E-state index in [1.165, 1.54) is 19.6 Å². The number of amides is 1. The molecule has 0 N–H and O–H groups in total. The number of carbonyl (C=O) groups is 1. The molecule has 7 heteroatoms. The molecule has 0 radical (unpaired) electrons. The molecule has 3 rings (SSSR count). The molecule has 2 aromatic rings. The van der Waals surface area contributed by atoms with Crippen molar-refractivity contribution in [2.45, 2.75) is 25.8 Å². The van der Waals surface area contributed by atoms with Crippen LogP contribution < -0.4 is 4.74 Å². The van der Waals surface area contributed by atoms with E-state index in [1.54, 1.807) is 17.0 Å². The Balaban J connectivity index is 1.78. The molecule has 2 aromatic carbocycles. The number of hydrogen-bond donors (Lipinski definition) is 0. The van der Waals surface area contributed by atoms with Crippen LogP contribution in [0.5, 0.6) is 5.75 Å². The van der Waals surface area contributed by atoms with E-state index in [4.69, 9.17) is 4.74 Å². The fraction of sp³-hybridized carbons (Fsp3) is 0.435. The average molecular weight is 412 g/mol. The van der Waals surface area contributed by atoms with Gasteiger partial charge in [-0.25, -0.2) is 0 Å². The third-order valence-electron chi connectivity index (χ3n) is 5.78. The minimum absolute atomic E-state index is 0.0720. The number of likely N-dealkylation sites (tertiary alicyclic amines) is 1. The van der Waals surface area contributed by atoms with Gasteiger partial charge in [0.05, 0.1) is 24.5 Å². The monoisotopic (exact) mass is 411 g/mol. The second kappa shape index (κ2) is 9.71.